The summed E-state index contributed by atoms with van der Waals surface area (Å²) in [5.74, 6) is 0.213. The van der Waals surface area contributed by atoms with E-state index in [4.69, 9.17) is 0 Å². The molecule has 21 heavy (non-hydrogen) atoms. The molecule has 0 N–H and O–H groups in total. The zero-order valence-electron chi connectivity index (χ0n) is 12.4. The summed E-state index contributed by atoms with van der Waals surface area (Å²) in [5.41, 5.74) is 5.05. The molecule has 0 aliphatic carbocycles. The molecule has 0 fully saturated rings. The topological polar surface area (TPSA) is 9.23 Å². The van der Waals surface area contributed by atoms with Crippen LogP contribution in [0.4, 0.5) is 4.53 Å². The van der Waals surface area contributed by atoms with Crippen LogP contribution in [0.15, 0.2) is 60.9 Å². The van der Waals surface area contributed by atoms with E-state index in [1.165, 1.54) is 22.3 Å². The Balaban J connectivity index is 1.87. The van der Waals surface area contributed by atoms with Crippen LogP contribution in [0, 0.1) is 6.92 Å². The van der Waals surface area contributed by atoms with Crippen LogP contribution >= 0.6 is 0 Å². The Morgan fingerprint density at radius 3 is 2.10 bits per heavy atom. The lowest BCUT2D eigenvalue weighted by Gasteiger charge is -2.05. The normalized spacial score (nSPS) is 10.4. The summed E-state index contributed by atoms with van der Waals surface area (Å²) in [6.45, 7) is 5.56. The molecule has 2 aromatic carbocycles. The first-order valence-electron chi connectivity index (χ1n) is 7.31. The van der Waals surface area contributed by atoms with Gasteiger partial charge in [0.15, 0.2) is 0 Å². The van der Waals surface area contributed by atoms with Gasteiger partial charge in [-0.2, -0.15) is 0 Å². The van der Waals surface area contributed by atoms with Gasteiger partial charge in [-0.25, -0.2) is 0 Å². The Labute approximate surface area is 126 Å². The maximum atomic E-state index is 11.8. The second kappa shape index (κ2) is 7.63. The molecule has 1 nitrogen and oxygen atoms in total. The summed E-state index contributed by atoms with van der Waals surface area (Å²) in [7, 11) is 0. The first-order chi connectivity index (χ1) is 10.2. The van der Waals surface area contributed by atoms with Crippen molar-refractivity contribution in [3.8, 4) is 11.1 Å². The smallest absolute Gasteiger partial charge is 0.141 e. The van der Waals surface area contributed by atoms with Gasteiger partial charge < -0.3 is 0 Å². The fraction of sp³-hybridized carbons (Fsp3) is 0.263. The molecule has 2 heteroatoms. The number of unbranched alkanes of at least 4 members (excludes halogenated alkanes) is 1. The zero-order chi connectivity index (χ0) is 15.1. The SMILES string of the molecule is C=C(CCCCc1ccc(-c2ccc(C)cc2)cc1)OF. The van der Waals surface area contributed by atoms with Crippen LogP contribution in [0.25, 0.3) is 11.1 Å². The van der Waals surface area contributed by atoms with Crippen molar-refractivity contribution in [3.63, 3.8) is 0 Å². The van der Waals surface area contributed by atoms with Crippen molar-refractivity contribution < 1.29 is 9.47 Å². The molecular formula is C19H21FO. The van der Waals surface area contributed by atoms with Gasteiger partial charge in [0.2, 0.25) is 0 Å². The molecule has 0 atom stereocenters. The van der Waals surface area contributed by atoms with Crippen LogP contribution in [-0.2, 0) is 11.4 Å². The standard InChI is InChI=1S/C19H21FO/c1-15-7-11-18(12-8-15)19-13-9-17(10-14-19)6-4-3-5-16(2)21-20/h7-14H,2-6H2,1H3. The van der Waals surface area contributed by atoms with Crippen molar-refractivity contribution in [2.24, 2.45) is 0 Å². The highest BCUT2D eigenvalue weighted by molar-refractivity contribution is 5.63. The third-order valence-electron chi connectivity index (χ3n) is 3.62. The summed E-state index contributed by atoms with van der Waals surface area (Å²) in [4.78, 5) is 3.58. The second-order valence-electron chi connectivity index (χ2n) is 5.39. The molecule has 0 heterocycles. The highest BCUT2D eigenvalue weighted by Gasteiger charge is 2.00. The van der Waals surface area contributed by atoms with Crippen LogP contribution in [0.1, 0.15) is 30.4 Å². The molecule has 0 aromatic heterocycles. The van der Waals surface area contributed by atoms with Gasteiger partial charge in [0.1, 0.15) is 5.76 Å². The summed E-state index contributed by atoms with van der Waals surface area (Å²) in [6.07, 6.45) is 3.47. The van der Waals surface area contributed by atoms with Crippen LogP contribution in [0.5, 0.6) is 0 Å². The number of allylic oxidation sites excluding steroid dienone is 1. The molecule has 0 aliphatic heterocycles. The molecule has 0 amide bonds. The van der Waals surface area contributed by atoms with Crippen LogP contribution in [0.3, 0.4) is 0 Å². The Kier molecular flexibility index (Phi) is 5.56. The minimum Gasteiger partial charge on any atom is -0.300 e. The maximum absolute atomic E-state index is 11.8. The van der Waals surface area contributed by atoms with Crippen LogP contribution in [-0.4, -0.2) is 0 Å². The van der Waals surface area contributed by atoms with Crippen molar-refractivity contribution in [2.45, 2.75) is 32.6 Å². The Hall–Kier alpha value is -2.09. The molecule has 2 rings (SSSR count). The van der Waals surface area contributed by atoms with E-state index in [0.29, 0.717) is 6.42 Å². The van der Waals surface area contributed by atoms with Crippen molar-refractivity contribution in [3.05, 3.63) is 72.0 Å². The Morgan fingerprint density at radius 2 is 1.52 bits per heavy atom. The maximum Gasteiger partial charge on any atom is 0.141 e. The van der Waals surface area contributed by atoms with Gasteiger partial charge >= 0.3 is 0 Å². The Bertz CT molecular complexity index is 570. The molecule has 0 radical (unpaired) electrons. The van der Waals surface area contributed by atoms with E-state index in [1.807, 2.05) is 0 Å². The van der Waals surface area contributed by atoms with Gasteiger partial charge in [-0.15, -0.1) is 0 Å². The predicted molar refractivity (Wildman–Crippen MR) is 85.5 cm³/mol. The summed E-state index contributed by atoms with van der Waals surface area (Å²) in [5, 5.41) is 0. The highest BCUT2D eigenvalue weighted by atomic mass is 19.3. The van der Waals surface area contributed by atoms with Gasteiger partial charge in [0, 0.05) is 10.9 Å². The van der Waals surface area contributed by atoms with E-state index in [-0.39, 0.29) is 5.76 Å². The molecule has 0 aliphatic rings. The van der Waals surface area contributed by atoms with E-state index >= 15 is 0 Å². The van der Waals surface area contributed by atoms with Crippen molar-refractivity contribution in [1.82, 2.24) is 0 Å². The van der Waals surface area contributed by atoms with Crippen molar-refractivity contribution >= 4 is 0 Å². The number of hydrogen-bond acceptors (Lipinski definition) is 1. The molecule has 0 bridgehead atoms. The molecule has 0 spiro atoms. The summed E-state index contributed by atoms with van der Waals surface area (Å²) < 4.78 is 11.8. The van der Waals surface area contributed by atoms with E-state index in [1.54, 1.807) is 0 Å². The highest BCUT2D eigenvalue weighted by Crippen LogP contribution is 2.21. The average Bonchev–Trinajstić information content (AvgIpc) is 2.52. The molecule has 0 saturated heterocycles. The zero-order valence-corrected chi connectivity index (χ0v) is 12.4. The van der Waals surface area contributed by atoms with Gasteiger partial charge in [-0.3, -0.25) is 4.94 Å². The fourth-order valence-corrected chi connectivity index (χ4v) is 2.30. The minimum absolute atomic E-state index is 0.213. The van der Waals surface area contributed by atoms with Crippen molar-refractivity contribution in [1.29, 1.82) is 0 Å². The fourth-order valence-electron chi connectivity index (χ4n) is 2.30. The van der Waals surface area contributed by atoms with E-state index in [0.717, 1.165) is 19.3 Å². The molecule has 0 unspecified atom stereocenters. The van der Waals surface area contributed by atoms with Gasteiger partial charge in [-0.1, -0.05) is 60.7 Å². The van der Waals surface area contributed by atoms with Gasteiger partial charge in [-0.05, 0) is 42.9 Å². The number of halogens is 1. The van der Waals surface area contributed by atoms with Crippen molar-refractivity contribution in [2.75, 3.05) is 0 Å². The average molecular weight is 284 g/mol. The number of rotatable bonds is 7. The van der Waals surface area contributed by atoms with E-state index in [2.05, 4.69) is 67.0 Å². The summed E-state index contributed by atoms with van der Waals surface area (Å²) >= 11 is 0. The molecule has 110 valence electrons. The lowest BCUT2D eigenvalue weighted by atomic mass is 10.0. The minimum atomic E-state index is 0.213. The van der Waals surface area contributed by atoms with Crippen LogP contribution < -0.4 is 0 Å². The number of benzene rings is 2. The van der Waals surface area contributed by atoms with E-state index in [9.17, 15) is 4.53 Å². The largest absolute Gasteiger partial charge is 0.300 e. The first-order valence-corrected chi connectivity index (χ1v) is 7.31. The lowest BCUT2D eigenvalue weighted by molar-refractivity contribution is -0.0863. The van der Waals surface area contributed by atoms with E-state index < -0.39 is 0 Å². The lowest BCUT2D eigenvalue weighted by Crippen LogP contribution is -1.88. The third kappa shape index (κ3) is 4.75. The third-order valence-corrected chi connectivity index (χ3v) is 3.62. The quantitative estimate of drug-likeness (QED) is 0.462. The monoisotopic (exact) mass is 284 g/mol. The molecule has 0 saturated carbocycles. The second-order valence-corrected chi connectivity index (χ2v) is 5.39. The predicted octanol–water partition coefficient (Wildman–Crippen LogP) is 5.79. The van der Waals surface area contributed by atoms with Gasteiger partial charge in [0.05, 0.1) is 0 Å². The van der Waals surface area contributed by atoms with Gasteiger partial charge in [0.25, 0.3) is 0 Å². The first kappa shape index (κ1) is 15.3. The van der Waals surface area contributed by atoms with Crippen LogP contribution in [0.2, 0.25) is 0 Å². The molecular weight excluding hydrogens is 263 g/mol. The number of hydrogen-bond donors (Lipinski definition) is 0. The summed E-state index contributed by atoms with van der Waals surface area (Å²) in [6, 6.07) is 17.2. The number of aryl methyl sites for hydroxylation is 2. The Morgan fingerprint density at radius 1 is 0.952 bits per heavy atom. The molecule has 2 aromatic rings.